The van der Waals surface area contributed by atoms with Crippen molar-refractivity contribution in [3.05, 3.63) is 29.3 Å². The van der Waals surface area contributed by atoms with Gasteiger partial charge < -0.3 is 15.0 Å². The van der Waals surface area contributed by atoms with Gasteiger partial charge in [0.05, 0.1) is 0 Å². The summed E-state index contributed by atoms with van der Waals surface area (Å²) < 4.78 is 41.9. The lowest BCUT2D eigenvalue weighted by Crippen LogP contribution is -2.31. The number of hydrogen-bond donors (Lipinski definition) is 1. The van der Waals surface area contributed by atoms with E-state index in [0.717, 1.165) is 31.5 Å². The van der Waals surface area contributed by atoms with Gasteiger partial charge in [-0.3, -0.25) is 4.79 Å². The second-order valence-corrected chi connectivity index (χ2v) is 5.84. The molecule has 0 spiro atoms. The molecule has 0 atom stereocenters. The van der Waals surface area contributed by atoms with E-state index in [9.17, 15) is 18.0 Å². The molecule has 4 nitrogen and oxygen atoms in total. The van der Waals surface area contributed by atoms with Crippen LogP contribution in [0.3, 0.4) is 0 Å². The second kappa shape index (κ2) is 9.29. The molecule has 1 N–H and O–H groups in total. The van der Waals surface area contributed by atoms with Crippen LogP contribution in [-0.2, 0) is 0 Å². The highest BCUT2D eigenvalue weighted by Gasteiger charge is 2.32. The van der Waals surface area contributed by atoms with Crippen molar-refractivity contribution in [1.29, 1.82) is 0 Å². The molecule has 1 aliphatic heterocycles. The molecule has 1 aliphatic rings. The molecule has 25 heavy (non-hydrogen) atoms. The van der Waals surface area contributed by atoms with Crippen LogP contribution in [0.2, 0.25) is 0 Å². The summed E-state index contributed by atoms with van der Waals surface area (Å²) in [6.45, 7) is 6.31. The van der Waals surface area contributed by atoms with Crippen LogP contribution in [0.25, 0.3) is 0 Å². The first kappa shape index (κ1) is 21.6. The van der Waals surface area contributed by atoms with Gasteiger partial charge in [-0.1, -0.05) is 0 Å². The number of rotatable bonds is 5. The molecule has 0 bridgehead atoms. The fourth-order valence-electron chi connectivity index (χ4n) is 3.02. The summed E-state index contributed by atoms with van der Waals surface area (Å²) in [5.41, 5.74) is 0.975. The van der Waals surface area contributed by atoms with Gasteiger partial charge in [-0.15, -0.1) is 25.6 Å². The maximum absolute atomic E-state index is 12.6. The highest BCUT2D eigenvalue weighted by Crippen LogP contribution is 2.32. The molecule has 1 aromatic rings. The zero-order valence-corrected chi connectivity index (χ0v) is 15.2. The third-order valence-corrected chi connectivity index (χ3v) is 4.27. The van der Waals surface area contributed by atoms with E-state index in [4.69, 9.17) is 0 Å². The molecule has 2 rings (SSSR count). The van der Waals surface area contributed by atoms with Gasteiger partial charge in [0.1, 0.15) is 5.75 Å². The summed E-state index contributed by atoms with van der Waals surface area (Å²) in [5.74, 6) is -0.469. The summed E-state index contributed by atoms with van der Waals surface area (Å²) in [5, 5.41) is 3.22. The lowest BCUT2D eigenvalue weighted by Gasteiger charge is -2.25. The van der Waals surface area contributed by atoms with E-state index in [2.05, 4.69) is 10.1 Å². The minimum absolute atomic E-state index is 0. The fraction of sp³-hybridized carbons (Fsp3) is 0.588. The molecule has 1 heterocycles. The first-order valence-electron chi connectivity index (χ1n) is 8.24. The average molecular weight is 381 g/mol. The number of benzene rings is 1. The number of halogens is 4. The monoisotopic (exact) mass is 380 g/mol. The lowest BCUT2D eigenvalue weighted by atomic mass is 9.89. The van der Waals surface area contributed by atoms with Crippen LogP contribution < -0.4 is 10.1 Å². The number of amides is 1. The Kier molecular flexibility index (Phi) is 8.02. The number of nitrogens with zero attached hydrogens (tertiary/aromatic N) is 1. The number of ether oxygens (including phenoxy) is 1. The molecule has 0 unspecified atom stereocenters. The summed E-state index contributed by atoms with van der Waals surface area (Å²) in [7, 11) is 0. The van der Waals surface area contributed by atoms with Gasteiger partial charge in [-0.05, 0) is 69.5 Å². The number of nitrogens with one attached hydrogen (secondary N) is 1. The second-order valence-electron chi connectivity index (χ2n) is 5.84. The Balaban J connectivity index is 0.00000312. The Morgan fingerprint density at radius 1 is 1.20 bits per heavy atom. The van der Waals surface area contributed by atoms with Crippen molar-refractivity contribution in [3.8, 4) is 5.75 Å². The molecule has 142 valence electrons. The number of alkyl halides is 3. The summed E-state index contributed by atoms with van der Waals surface area (Å²) in [6.07, 6.45) is -3.12. The van der Waals surface area contributed by atoms with E-state index in [1.165, 1.54) is 12.1 Å². The van der Waals surface area contributed by atoms with Gasteiger partial charge in [0.15, 0.2) is 0 Å². The highest BCUT2D eigenvalue weighted by atomic mass is 35.5. The molecular weight excluding hydrogens is 357 g/mol. The predicted molar refractivity (Wildman–Crippen MR) is 92.5 cm³/mol. The number of piperidine rings is 1. The van der Waals surface area contributed by atoms with Gasteiger partial charge in [0.2, 0.25) is 0 Å². The largest absolute Gasteiger partial charge is 0.573 e. The minimum Gasteiger partial charge on any atom is -0.406 e. The Morgan fingerprint density at radius 2 is 1.80 bits per heavy atom. The maximum atomic E-state index is 12.6. The topological polar surface area (TPSA) is 41.6 Å². The fourth-order valence-corrected chi connectivity index (χ4v) is 3.02. The quantitative estimate of drug-likeness (QED) is 0.840. The zero-order valence-electron chi connectivity index (χ0n) is 14.4. The summed E-state index contributed by atoms with van der Waals surface area (Å²) >= 11 is 0. The number of carbonyl (C=O) groups excluding carboxylic acids is 1. The molecule has 0 aromatic heterocycles. The Hall–Kier alpha value is -1.47. The molecule has 1 amide bonds. The van der Waals surface area contributed by atoms with Crippen LogP contribution in [0, 0.1) is 0 Å². The van der Waals surface area contributed by atoms with Crippen LogP contribution in [-0.4, -0.2) is 43.3 Å². The van der Waals surface area contributed by atoms with Crippen molar-refractivity contribution < 1.29 is 22.7 Å². The van der Waals surface area contributed by atoms with Gasteiger partial charge in [-0.2, -0.15) is 0 Å². The smallest absolute Gasteiger partial charge is 0.406 e. The lowest BCUT2D eigenvalue weighted by molar-refractivity contribution is -0.274. The van der Waals surface area contributed by atoms with E-state index >= 15 is 0 Å². The average Bonchev–Trinajstić information content (AvgIpc) is 2.55. The number of carbonyl (C=O) groups is 1. The first-order chi connectivity index (χ1) is 11.3. The normalized spacial score (nSPS) is 15.4. The molecule has 0 radical (unpaired) electrons. The summed E-state index contributed by atoms with van der Waals surface area (Å²) in [6, 6.07) is 4.29. The molecule has 0 saturated carbocycles. The molecule has 1 saturated heterocycles. The van der Waals surface area contributed by atoms with Gasteiger partial charge in [0, 0.05) is 18.7 Å². The van der Waals surface area contributed by atoms with Crippen molar-refractivity contribution in [2.45, 2.75) is 39.0 Å². The van der Waals surface area contributed by atoms with E-state index in [1.807, 2.05) is 13.8 Å². The van der Waals surface area contributed by atoms with E-state index < -0.39 is 6.36 Å². The van der Waals surface area contributed by atoms with E-state index in [1.54, 1.807) is 11.0 Å². The highest BCUT2D eigenvalue weighted by molar-refractivity contribution is 5.94. The van der Waals surface area contributed by atoms with Crippen LogP contribution in [0.1, 0.15) is 48.5 Å². The first-order valence-corrected chi connectivity index (χ1v) is 8.24. The van der Waals surface area contributed by atoms with E-state index in [-0.39, 0.29) is 35.5 Å². The molecule has 1 fully saturated rings. The third kappa shape index (κ3) is 6.08. The molecule has 0 aliphatic carbocycles. The van der Waals surface area contributed by atoms with Crippen LogP contribution >= 0.6 is 12.4 Å². The molecule has 8 heteroatoms. The predicted octanol–water partition coefficient (Wildman–Crippen LogP) is 3.96. The maximum Gasteiger partial charge on any atom is 0.573 e. The van der Waals surface area contributed by atoms with Crippen molar-refractivity contribution in [2.75, 3.05) is 26.2 Å². The zero-order chi connectivity index (χ0) is 17.7. The Labute approximate surface area is 152 Å². The van der Waals surface area contributed by atoms with E-state index in [0.29, 0.717) is 13.1 Å². The van der Waals surface area contributed by atoms with Gasteiger partial charge in [-0.25, -0.2) is 0 Å². The minimum atomic E-state index is -4.78. The Morgan fingerprint density at radius 3 is 2.32 bits per heavy atom. The van der Waals surface area contributed by atoms with Crippen molar-refractivity contribution in [1.82, 2.24) is 10.2 Å². The van der Waals surface area contributed by atoms with Crippen molar-refractivity contribution in [2.24, 2.45) is 0 Å². The SMILES string of the molecule is CCN(CC)C(=O)c1cc(OC(F)(F)F)cc(C2CCNCC2)c1.Cl. The van der Waals surface area contributed by atoms with Crippen LogP contribution in [0.5, 0.6) is 5.75 Å². The van der Waals surface area contributed by atoms with Gasteiger partial charge >= 0.3 is 6.36 Å². The van der Waals surface area contributed by atoms with Crippen LogP contribution in [0.4, 0.5) is 13.2 Å². The van der Waals surface area contributed by atoms with Gasteiger partial charge in [0.25, 0.3) is 5.91 Å². The third-order valence-electron chi connectivity index (χ3n) is 4.27. The standard InChI is InChI=1S/C17H23F3N2O2.ClH/c1-3-22(4-2)16(23)14-9-13(12-5-7-21-8-6-12)10-15(11-14)24-17(18,19)20;/h9-12,21H,3-8H2,1-2H3;1H. The van der Waals surface area contributed by atoms with Crippen LogP contribution in [0.15, 0.2) is 18.2 Å². The number of hydrogen-bond acceptors (Lipinski definition) is 3. The Bertz CT molecular complexity index is 572. The molecule has 1 aromatic carbocycles. The van der Waals surface area contributed by atoms with Crippen molar-refractivity contribution >= 4 is 18.3 Å². The molecular formula is C17H24ClF3N2O2. The summed E-state index contributed by atoms with van der Waals surface area (Å²) in [4.78, 5) is 14.1. The van der Waals surface area contributed by atoms with Crippen molar-refractivity contribution in [3.63, 3.8) is 0 Å².